The summed E-state index contributed by atoms with van der Waals surface area (Å²) < 4.78 is 197. The first-order chi connectivity index (χ1) is 43.4. The maximum Gasteiger partial charge on any atom is 0.573 e. The van der Waals surface area contributed by atoms with Crippen LogP contribution in [0.4, 0.5) is 37.7 Å². The van der Waals surface area contributed by atoms with Gasteiger partial charge in [-0.25, -0.2) is 33.7 Å². The largest absolute Gasteiger partial charge is 0.573 e. The van der Waals surface area contributed by atoms with Crippen molar-refractivity contribution < 1.29 is 88.6 Å². The van der Waals surface area contributed by atoms with Crippen LogP contribution in [-0.2, 0) is 54.1 Å². The second kappa shape index (κ2) is 30.5. The standard InChI is InChI=1S/C32H43F3N4O7S2Si.C26H29F3N4O7S2.C2H3N.CH4/c1-23-21-26(39(47(5,41)42)18-19-45-49(6,7)30(2,3)4)12-11-24(23)13-20-48(43,44)38-16-14-31(15-17-38)29(40)36-28(37-31)25-9-8-10-27(22-25)46-32(33,34)35;1-18-16-21(33(13-14-34)41(2,36)37)7-6-19(18)8-15-42(38,39)32-11-9-25(10-12-32)24(35)30-23(31-25)20-4-3-5-22(17-20)40-26(27,28)29;1-2-3;/h8-13,20-22H,14-19H2,1-7H3,(H,36,37,40);3-8,15-17,34H,9-14H2,1-2H3,(H,30,31,35);1H3;1H4/b20-13+;15-8+;;. The number of nitrogens with zero attached hydrogens (tertiary/aromatic N) is 7. The molecule has 2 spiro atoms. The van der Waals surface area contributed by atoms with E-state index in [9.17, 15) is 74.7 Å². The van der Waals surface area contributed by atoms with E-state index in [0.717, 1.165) is 51.9 Å². The van der Waals surface area contributed by atoms with Gasteiger partial charge in [0, 0.05) is 55.0 Å². The smallest absolute Gasteiger partial charge is 0.415 e. The van der Waals surface area contributed by atoms with Crippen LogP contribution in [0.1, 0.15) is 94.2 Å². The lowest BCUT2D eigenvalue weighted by Crippen LogP contribution is -2.50. The lowest BCUT2D eigenvalue weighted by molar-refractivity contribution is -0.275. The van der Waals surface area contributed by atoms with Crippen LogP contribution < -0.4 is 28.7 Å². The number of sulfonamides is 4. The average molecular weight is 1430 g/mol. The number of anilines is 2. The average Bonchev–Trinajstić information content (AvgIpc) is 1.65. The Morgan fingerprint density at radius 2 is 1.00 bits per heavy atom. The number of amides is 2. The lowest BCUT2D eigenvalue weighted by atomic mass is 9.89. The van der Waals surface area contributed by atoms with Crippen molar-refractivity contribution in [2.24, 2.45) is 9.98 Å². The Kier molecular flexibility index (Phi) is 25.2. The van der Waals surface area contributed by atoms with Crippen molar-refractivity contribution in [2.45, 2.75) is 117 Å². The van der Waals surface area contributed by atoms with Crippen LogP contribution in [0.15, 0.2) is 106 Å². The van der Waals surface area contributed by atoms with Crippen molar-refractivity contribution >= 4 is 95.4 Å². The van der Waals surface area contributed by atoms with Crippen LogP contribution in [0.25, 0.3) is 12.2 Å². The van der Waals surface area contributed by atoms with E-state index >= 15 is 0 Å². The number of benzene rings is 4. The molecule has 4 aliphatic heterocycles. The maximum atomic E-state index is 13.3. The van der Waals surface area contributed by atoms with Gasteiger partial charge in [0.15, 0.2) is 8.32 Å². The van der Waals surface area contributed by atoms with Crippen molar-refractivity contribution in [1.29, 1.82) is 5.26 Å². The van der Waals surface area contributed by atoms with Crippen LogP contribution in [0, 0.1) is 25.2 Å². The number of hydrogen-bond acceptors (Lipinski definition) is 17. The van der Waals surface area contributed by atoms with E-state index < -0.39 is 95.5 Å². The minimum absolute atomic E-state index is 0. The fourth-order valence-corrected chi connectivity index (χ4v) is 15.3. The first kappa shape index (κ1) is 78.5. The number of alkyl halides is 6. The van der Waals surface area contributed by atoms with Crippen molar-refractivity contribution in [1.82, 2.24) is 19.2 Å². The van der Waals surface area contributed by atoms with E-state index in [1.165, 1.54) is 62.3 Å². The third-order valence-electron chi connectivity index (χ3n) is 16.1. The van der Waals surface area contributed by atoms with Gasteiger partial charge in [0.2, 0.25) is 40.1 Å². The fourth-order valence-electron chi connectivity index (χ4n) is 10.0. The zero-order valence-corrected chi connectivity index (χ0v) is 57.4. The summed E-state index contributed by atoms with van der Waals surface area (Å²) in [4.78, 5) is 34.8. The zero-order valence-electron chi connectivity index (χ0n) is 53.2. The molecule has 0 saturated carbocycles. The van der Waals surface area contributed by atoms with Gasteiger partial charge in [-0.2, -0.15) is 13.9 Å². The number of carbonyl (C=O) groups excluding carboxylic acids is 2. The van der Waals surface area contributed by atoms with Crippen LogP contribution in [0.5, 0.6) is 11.5 Å². The van der Waals surface area contributed by atoms with Gasteiger partial charge in [-0.3, -0.25) is 28.2 Å². The predicted octanol–water partition coefficient (Wildman–Crippen LogP) is 8.92. The number of rotatable bonds is 20. The molecule has 4 aromatic carbocycles. The van der Waals surface area contributed by atoms with Crippen LogP contribution >= 0.6 is 0 Å². The number of hydrogen-bond donors (Lipinski definition) is 3. The second-order valence-electron chi connectivity index (χ2n) is 23.8. The number of amidine groups is 2. The molecule has 2 amide bonds. The molecule has 0 unspecified atom stereocenters. The van der Waals surface area contributed by atoms with E-state index in [1.807, 2.05) is 0 Å². The van der Waals surface area contributed by atoms with Crippen LogP contribution in [0.3, 0.4) is 0 Å². The first-order valence-electron chi connectivity index (χ1n) is 29.0. The van der Waals surface area contributed by atoms with Gasteiger partial charge in [0.25, 0.3) is 11.8 Å². The van der Waals surface area contributed by atoms with E-state index in [2.05, 4.69) is 64.0 Å². The molecule has 34 heteroatoms. The van der Waals surface area contributed by atoms with Crippen molar-refractivity contribution in [3.63, 3.8) is 0 Å². The Morgan fingerprint density at radius 1 is 0.642 bits per heavy atom. The van der Waals surface area contributed by atoms with Gasteiger partial charge in [-0.1, -0.05) is 64.6 Å². The highest BCUT2D eigenvalue weighted by Crippen LogP contribution is 2.38. The maximum absolute atomic E-state index is 13.3. The molecular formula is C61H79F6N9O14S4Si. The Morgan fingerprint density at radius 3 is 1.32 bits per heavy atom. The third-order valence-corrected chi connectivity index (χ3v) is 26.1. The number of ether oxygens (including phenoxy) is 2. The number of nitrogens with one attached hydrogen (secondary N) is 2. The van der Waals surface area contributed by atoms with Gasteiger partial charge in [-0.15, -0.1) is 26.3 Å². The number of nitriles is 1. The van der Waals surface area contributed by atoms with Crippen molar-refractivity contribution in [3.8, 4) is 17.6 Å². The lowest BCUT2D eigenvalue weighted by Gasteiger charge is -2.36. The van der Waals surface area contributed by atoms with Gasteiger partial charge in [-0.05, 0) is 141 Å². The monoisotopic (exact) mass is 1430 g/mol. The molecule has 2 fully saturated rings. The third kappa shape index (κ3) is 20.6. The molecule has 95 heavy (non-hydrogen) atoms. The normalized spacial score (nSPS) is 17.1. The van der Waals surface area contributed by atoms with Crippen LogP contribution in [0.2, 0.25) is 18.1 Å². The molecule has 0 bridgehead atoms. The van der Waals surface area contributed by atoms with Crippen molar-refractivity contribution in [3.05, 3.63) is 129 Å². The number of aliphatic hydroxyl groups excluding tert-OH is 1. The minimum atomic E-state index is -4.88. The molecule has 23 nitrogen and oxygen atoms in total. The number of piperidine rings is 2. The first-order valence-corrected chi connectivity index (χ1v) is 38.6. The Bertz CT molecular complexity index is 4100. The van der Waals surface area contributed by atoms with Crippen LogP contribution in [-0.4, -0.2) is 168 Å². The number of aryl methyl sites for hydroxylation is 2. The summed E-state index contributed by atoms with van der Waals surface area (Å²) in [5, 5.41) is 23.8. The van der Waals surface area contributed by atoms with E-state index in [-0.39, 0.29) is 113 Å². The molecule has 0 radical (unpaired) electrons. The summed E-state index contributed by atoms with van der Waals surface area (Å²) >= 11 is 0. The summed E-state index contributed by atoms with van der Waals surface area (Å²) in [6.07, 6.45) is -4.50. The summed E-state index contributed by atoms with van der Waals surface area (Å²) in [6, 6.07) is 21.5. The Balaban J connectivity index is 0.000000330. The molecule has 3 N–H and O–H groups in total. The van der Waals surface area contributed by atoms with Gasteiger partial charge in [0.05, 0.1) is 56.3 Å². The minimum Gasteiger partial charge on any atom is -0.415 e. The highest BCUT2D eigenvalue weighted by Gasteiger charge is 2.49. The molecule has 0 atom stereocenters. The van der Waals surface area contributed by atoms with Gasteiger partial charge in [0.1, 0.15) is 34.2 Å². The number of aliphatic imine (C=N–C) groups is 2. The quantitative estimate of drug-likeness (QED) is 0.0549. The number of carbonyl (C=O) groups is 2. The number of aliphatic hydroxyl groups is 1. The highest BCUT2D eigenvalue weighted by molar-refractivity contribution is 7.93. The van der Waals surface area contributed by atoms with E-state index in [4.69, 9.17) is 9.69 Å². The Labute approximate surface area is 552 Å². The highest BCUT2D eigenvalue weighted by atomic mass is 32.2. The number of halogens is 6. The molecule has 4 aliphatic rings. The second-order valence-corrected chi connectivity index (χ2v) is 36.1. The summed E-state index contributed by atoms with van der Waals surface area (Å²) in [5.41, 5.74) is 1.10. The topological polar surface area (TPSA) is 304 Å². The molecular weight excluding hydrogens is 1350 g/mol. The Hall–Kier alpha value is -7.23. The SMILES string of the molecule is C.CC#N.Cc1cc(N(CCO)S(C)(=O)=O)ccc1/C=C/S(=O)(=O)N1CCC2(CC1)N=C(c1cccc(OC(F)(F)F)c1)NC2=O.Cc1cc(N(CCO[Si](C)(C)C(C)(C)C)S(C)(=O)=O)ccc1/C=C/S(=O)(=O)N1CCC2(CC1)N=C(c1cccc(OC(F)(F)F)c1)NC2=O. The molecule has 2 saturated heterocycles. The summed E-state index contributed by atoms with van der Waals surface area (Å²) in [5.74, 6) is -1.68. The van der Waals surface area contributed by atoms with Gasteiger partial charge < -0.3 is 29.6 Å². The molecule has 0 aliphatic carbocycles. The molecule has 8 rings (SSSR count). The molecule has 4 aromatic rings. The van der Waals surface area contributed by atoms with Gasteiger partial charge >= 0.3 is 12.7 Å². The predicted molar refractivity (Wildman–Crippen MR) is 354 cm³/mol. The molecule has 0 aromatic heterocycles. The molecule has 4 heterocycles. The fraction of sp³-hybridized carbons (Fsp3) is 0.459. The van der Waals surface area contributed by atoms with Crippen molar-refractivity contribution in [2.75, 3.05) is 73.6 Å². The zero-order chi connectivity index (χ0) is 70.3. The summed E-state index contributed by atoms with van der Waals surface area (Å²) in [7, 11) is -17.2. The van der Waals surface area contributed by atoms with E-state index in [0.29, 0.717) is 33.6 Å². The van der Waals surface area contributed by atoms with E-state index in [1.54, 1.807) is 50.2 Å². The summed E-state index contributed by atoms with van der Waals surface area (Å²) in [6.45, 7) is 15.2. The molecule has 522 valence electrons.